The van der Waals surface area contributed by atoms with Crippen molar-refractivity contribution in [2.75, 3.05) is 6.54 Å². The average Bonchev–Trinajstić information content (AvgIpc) is 2.47. The Bertz CT molecular complexity index is 297. The zero-order valence-corrected chi connectivity index (χ0v) is 13.3. The number of unbranched alkanes of at least 4 members (excludes halogenated alkanes) is 7. The van der Waals surface area contributed by atoms with Crippen molar-refractivity contribution < 1.29 is 9.47 Å². The minimum atomic E-state index is -0.556. The van der Waals surface area contributed by atoms with Crippen LogP contribution in [0.4, 0.5) is 0 Å². The SMILES string of the molecule is CC#COC(NCCCCCCCCCC)OC#CC. The summed E-state index contributed by atoms with van der Waals surface area (Å²) in [5.74, 6) is 5.34. The molecule has 0 aromatic rings. The molecular weight excluding hydrogens is 250 g/mol. The van der Waals surface area contributed by atoms with E-state index in [9.17, 15) is 0 Å². The zero-order chi connectivity index (χ0) is 14.9. The van der Waals surface area contributed by atoms with Crippen molar-refractivity contribution in [3.8, 4) is 24.1 Å². The van der Waals surface area contributed by atoms with Crippen LogP contribution in [0.25, 0.3) is 0 Å². The molecule has 0 atom stereocenters. The summed E-state index contributed by atoms with van der Waals surface area (Å²) < 4.78 is 10.3. The lowest BCUT2D eigenvalue weighted by atomic mass is 10.1. The maximum Gasteiger partial charge on any atom is 0.320 e. The van der Waals surface area contributed by atoms with Crippen molar-refractivity contribution in [3.05, 3.63) is 0 Å². The van der Waals surface area contributed by atoms with E-state index in [1.807, 2.05) is 0 Å². The third-order valence-electron chi connectivity index (χ3n) is 2.88. The van der Waals surface area contributed by atoms with E-state index < -0.39 is 6.41 Å². The van der Waals surface area contributed by atoms with Gasteiger partial charge in [-0.05, 0) is 6.42 Å². The van der Waals surface area contributed by atoms with E-state index in [1.165, 1.54) is 44.9 Å². The lowest BCUT2D eigenvalue weighted by molar-refractivity contribution is -0.0642. The number of nitrogens with one attached hydrogen (secondary N) is 1. The van der Waals surface area contributed by atoms with Gasteiger partial charge < -0.3 is 9.47 Å². The van der Waals surface area contributed by atoms with Gasteiger partial charge in [0, 0.05) is 20.4 Å². The van der Waals surface area contributed by atoms with Crippen molar-refractivity contribution >= 4 is 0 Å². The summed E-state index contributed by atoms with van der Waals surface area (Å²) in [6, 6.07) is 0. The second-order valence-corrected chi connectivity index (χ2v) is 4.70. The molecule has 0 aromatic carbocycles. The molecule has 0 spiro atoms. The number of rotatable bonds is 12. The molecule has 0 heterocycles. The summed E-state index contributed by atoms with van der Waals surface area (Å²) in [6.45, 7) is 6.55. The summed E-state index contributed by atoms with van der Waals surface area (Å²) in [4.78, 5) is 0. The first kappa shape index (κ1) is 18.7. The summed E-state index contributed by atoms with van der Waals surface area (Å²) in [5, 5.41) is 3.15. The average molecular weight is 279 g/mol. The van der Waals surface area contributed by atoms with Gasteiger partial charge in [0.05, 0.1) is 0 Å². The van der Waals surface area contributed by atoms with Gasteiger partial charge in [-0.3, -0.25) is 0 Å². The highest BCUT2D eigenvalue weighted by atomic mass is 16.7. The van der Waals surface area contributed by atoms with Crippen LogP contribution in [0.1, 0.15) is 72.1 Å². The van der Waals surface area contributed by atoms with Gasteiger partial charge in [-0.15, -0.1) is 0 Å². The Morgan fingerprint density at radius 2 is 1.30 bits per heavy atom. The minimum Gasteiger partial charge on any atom is -0.389 e. The highest BCUT2D eigenvalue weighted by Crippen LogP contribution is 2.08. The molecule has 1 N–H and O–H groups in total. The molecule has 0 aliphatic carbocycles. The molecule has 0 aliphatic heterocycles. The van der Waals surface area contributed by atoms with Crippen molar-refractivity contribution in [2.45, 2.75) is 78.6 Å². The molecule has 0 aromatic heterocycles. The van der Waals surface area contributed by atoms with Crippen molar-refractivity contribution in [3.63, 3.8) is 0 Å². The molecule has 0 unspecified atom stereocenters. The second-order valence-electron chi connectivity index (χ2n) is 4.70. The molecule has 0 fully saturated rings. The quantitative estimate of drug-likeness (QED) is 0.333. The van der Waals surface area contributed by atoms with E-state index in [0.717, 1.165) is 13.0 Å². The van der Waals surface area contributed by atoms with Gasteiger partial charge in [0.2, 0.25) is 0 Å². The van der Waals surface area contributed by atoms with E-state index in [-0.39, 0.29) is 0 Å². The normalized spacial score (nSPS) is 9.40. The van der Waals surface area contributed by atoms with Crippen LogP contribution >= 0.6 is 0 Å². The second kappa shape index (κ2) is 15.7. The first-order chi connectivity index (χ1) is 9.85. The van der Waals surface area contributed by atoms with Crippen molar-refractivity contribution in [1.29, 1.82) is 0 Å². The Labute approximate surface area is 124 Å². The Hall–Kier alpha value is -1.32. The number of hydrogen-bond donors (Lipinski definition) is 1. The monoisotopic (exact) mass is 279 g/mol. The molecule has 114 valence electrons. The van der Waals surface area contributed by atoms with Gasteiger partial charge in [0.25, 0.3) is 0 Å². The van der Waals surface area contributed by atoms with E-state index in [4.69, 9.17) is 9.47 Å². The van der Waals surface area contributed by atoms with E-state index in [2.05, 4.69) is 36.3 Å². The third kappa shape index (κ3) is 13.1. The molecule has 0 aliphatic rings. The summed E-state index contributed by atoms with van der Waals surface area (Å²) in [7, 11) is 0. The van der Waals surface area contributed by atoms with Gasteiger partial charge in [-0.25, -0.2) is 5.32 Å². The fourth-order valence-corrected chi connectivity index (χ4v) is 1.81. The van der Waals surface area contributed by atoms with Gasteiger partial charge >= 0.3 is 6.41 Å². The summed E-state index contributed by atoms with van der Waals surface area (Å²) in [6.07, 6.45) is 15.0. The molecule has 0 saturated carbocycles. The van der Waals surface area contributed by atoms with Crippen LogP contribution in [0.15, 0.2) is 0 Å². The van der Waals surface area contributed by atoms with Crippen molar-refractivity contribution in [2.24, 2.45) is 0 Å². The molecule has 0 amide bonds. The van der Waals surface area contributed by atoms with Crippen LogP contribution in [0.2, 0.25) is 0 Å². The lowest BCUT2D eigenvalue weighted by Gasteiger charge is -2.13. The summed E-state index contributed by atoms with van der Waals surface area (Å²) >= 11 is 0. The van der Waals surface area contributed by atoms with Crippen LogP contribution in [0.3, 0.4) is 0 Å². The number of ether oxygens (including phenoxy) is 2. The Morgan fingerprint density at radius 3 is 1.80 bits per heavy atom. The molecule has 3 nitrogen and oxygen atoms in total. The molecule has 0 saturated heterocycles. The third-order valence-corrected chi connectivity index (χ3v) is 2.88. The molecule has 3 heteroatoms. The molecule has 0 bridgehead atoms. The molecular formula is C17H29NO2. The van der Waals surface area contributed by atoms with Gasteiger partial charge in [0.15, 0.2) is 0 Å². The van der Waals surface area contributed by atoms with Gasteiger partial charge in [0.1, 0.15) is 12.2 Å². The molecule has 0 rings (SSSR count). The topological polar surface area (TPSA) is 30.5 Å². The lowest BCUT2D eigenvalue weighted by Crippen LogP contribution is -2.32. The molecule has 0 radical (unpaired) electrons. The largest absolute Gasteiger partial charge is 0.389 e. The van der Waals surface area contributed by atoms with Crippen LogP contribution in [-0.2, 0) is 9.47 Å². The standard InChI is InChI=1S/C17H29NO2/c1-4-7-8-9-10-11-12-13-14-18-17(19-15-5-2)20-16-6-3/h17-18H,4,7-14H2,1-3H3. The van der Waals surface area contributed by atoms with Gasteiger partial charge in [-0.2, -0.15) is 0 Å². The number of hydrogen-bond acceptors (Lipinski definition) is 3. The Balaban J connectivity index is 3.50. The van der Waals surface area contributed by atoms with Crippen molar-refractivity contribution in [1.82, 2.24) is 5.32 Å². The zero-order valence-electron chi connectivity index (χ0n) is 13.3. The first-order valence-electron chi connectivity index (χ1n) is 7.73. The highest BCUT2D eigenvalue weighted by molar-refractivity contribution is 4.88. The highest BCUT2D eigenvalue weighted by Gasteiger charge is 2.06. The Morgan fingerprint density at radius 1 is 0.800 bits per heavy atom. The maximum absolute atomic E-state index is 5.17. The maximum atomic E-state index is 5.17. The first-order valence-corrected chi connectivity index (χ1v) is 7.73. The smallest absolute Gasteiger partial charge is 0.320 e. The predicted molar refractivity (Wildman–Crippen MR) is 83.5 cm³/mol. The minimum absolute atomic E-state index is 0.556. The van der Waals surface area contributed by atoms with Crippen LogP contribution < -0.4 is 5.32 Å². The fourth-order valence-electron chi connectivity index (χ4n) is 1.81. The van der Waals surface area contributed by atoms with E-state index in [0.29, 0.717) is 0 Å². The predicted octanol–water partition coefficient (Wildman–Crippen LogP) is 4.00. The molecule has 20 heavy (non-hydrogen) atoms. The summed E-state index contributed by atoms with van der Waals surface area (Å²) in [5.41, 5.74) is 0. The van der Waals surface area contributed by atoms with E-state index in [1.54, 1.807) is 13.8 Å². The fraction of sp³-hybridized carbons (Fsp3) is 0.765. The van der Waals surface area contributed by atoms with Gasteiger partial charge in [-0.1, -0.05) is 63.7 Å². The van der Waals surface area contributed by atoms with Crippen LogP contribution in [0, 0.1) is 24.1 Å². The van der Waals surface area contributed by atoms with Crippen LogP contribution in [-0.4, -0.2) is 13.0 Å². The van der Waals surface area contributed by atoms with E-state index >= 15 is 0 Å². The Kier molecular flexibility index (Phi) is 14.7. The van der Waals surface area contributed by atoms with Crippen LogP contribution in [0.5, 0.6) is 0 Å².